The van der Waals surface area contributed by atoms with Crippen molar-refractivity contribution >= 4 is 22.9 Å². The van der Waals surface area contributed by atoms with E-state index in [1.807, 2.05) is 42.5 Å². The zero-order valence-electron chi connectivity index (χ0n) is 13.0. The first-order valence-corrected chi connectivity index (χ1v) is 7.55. The lowest BCUT2D eigenvalue weighted by Crippen LogP contribution is -2.25. The SMILES string of the molecule is O=C(Cn1cnc2ccccc2c1=O)OCC=Cc1ccccc1. The summed E-state index contributed by atoms with van der Waals surface area (Å²) in [6.45, 7) is -0.000662. The molecule has 120 valence electrons. The molecule has 0 aliphatic heterocycles. The van der Waals surface area contributed by atoms with Crippen LogP contribution in [-0.2, 0) is 16.1 Å². The minimum Gasteiger partial charge on any atom is -0.460 e. The van der Waals surface area contributed by atoms with Gasteiger partial charge in [-0.2, -0.15) is 0 Å². The van der Waals surface area contributed by atoms with Crippen LogP contribution in [-0.4, -0.2) is 22.1 Å². The highest BCUT2D eigenvalue weighted by Crippen LogP contribution is 2.05. The van der Waals surface area contributed by atoms with Crippen LogP contribution in [0.3, 0.4) is 0 Å². The number of para-hydroxylation sites is 1. The topological polar surface area (TPSA) is 61.2 Å². The first-order chi connectivity index (χ1) is 11.7. The Hall–Kier alpha value is -3.21. The average molecular weight is 320 g/mol. The van der Waals surface area contributed by atoms with Crippen LogP contribution in [0.25, 0.3) is 17.0 Å². The molecule has 24 heavy (non-hydrogen) atoms. The second kappa shape index (κ2) is 7.37. The number of hydrogen-bond donors (Lipinski definition) is 0. The van der Waals surface area contributed by atoms with Gasteiger partial charge < -0.3 is 4.74 Å². The molecule has 1 aromatic heterocycles. The Morgan fingerprint density at radius 1 is 1.08 bits per heavy atom. The number of carbonyl (C=O) groups excluding carboxylic acids is 1. The van der Waals surface area contributed by atoms with Gasteiger partial charge in [0.15, 0.2) is 0 Å². The maximum Gasteiger partial charge on any atom is 0.326 e. The van der Waals surface area contributed by atoms with Gasteiger partial charge in [-0.25, -0.2) is 4.98 Å². The minimum atomic E-state index is -0.480. The summed E-state index contributed by atoms with van der Waals surface area (Å²) in [7, 11) is 0. The fourth-order valence-corrected chi connectivity index (χ4v) is 2.29. The van der Waals surface area contributed by atoms with Gasteiger partial charge in [-0.15, -0.1) is 0 Å². The predicted octanol–water partition coefficient (Wildman–Crippen LogP) is 2.65. The fourth-order valence-electron chi connectivity index (χ4n) is 2.29. The fraction of sp³-hybridized carbons (Fsp3) is 0.105. The predicted molar refractivity (Wildman–Crippen MR) is 92.4 cm³/mol. The Labute approximate surface area is 138 Å². The number of nitrogens with zero attached hydrogens (tertiary/aromatic N) is 2. The van der Waals surface area contributed by atoms with Gasteiger partial charge in [0.2, 0.25) is 0 Å². The highest BCUT2D eigenvalue weighted by molar-refractivity contribution is 5.77. The number of benzene rings is 2. The Bertz CT molecular complexity index is 930. The number of esters is 1. The smallest absolute Gasteiger partial charge is 0.326 e. The third-order valence-corrected chi connectivity index (χ3v) is 3.48. The van der Waals surface area contributed by atoms with Crippen molar-refractivity contribution in [3.63, 3.8) is 0 Å². The van der Waals surface area contributed by atoms with Crippen LogP contribution >= 0.6 is 0 Å². The number of carbonyl (C=O) groups is 1. The normalized spacial score (nSPS) is 11.0. The van der Waals surface area contributed by atoms with E-state index in [-0.39, 0.29) is 18.7 Å². The van der Waals surface area contributed by atoms with Gasteiger partial charge in [0, 0.05) is 0 Å². The molecule has 0 fully saturated rings. The number of aromatic nitrogens is 2. The number of fused-ring (bicyclic) bond motifs is 1. The lowest BCUT2D eigenvalue weighted by molar-refractivity contribution is -0.143. The maximum atomic E-state index is 12.3. The maximum absolute atomic E-state index is 12.3. The van der Waals surface area contributed by atoms with Gasteiger partial charge >= 0.3 is 5.97 Å². The second-order valence-corrected chi connectivity index (χ2v) is 5.19. The highest BCUT2D eigenvalue weighted by atomic mass is 16.5. The molecule has 0 atom stereocenters. The van der Waals surface area contributed by atoms with Gasteiger partial charge in [0.1, 0.15) is 13.2 Å². The van der Waals surface area contributed by atoms with Crippen molar-refractivity contribution in [1.82, 2.24) is 9.55 Å². The van der Waals surface area contributed by atoms with Gasteiger partial charge in [-0.1, -0.05) is 48.5 Å². The molecular formula is C19H16N2O3. The van der Waals surface area contributed by atoms with Crippen molar-refractivity contribution in [3.05, 3.63) is 82.9 Å². The monoisotopic (exact) mass is 320 g/mol. The van der Waals surface area contributed by atoms with Gasteiger partial charge in [0.25, 0.3) is 5.56 Å². The zero-order valence-corrected chi connectivity index (χ0v) is 13.0. The summed E-state index contributed by atoms with van der Waals surface area (Å²) >= 11 is 0. The van der Waals surface area contributed by atoms with Crippen LogP contribution in [0, 0.1) is 0 Å². The van der Waals surface area contributed by atoms with Crippen LogP contribution in [0.4, 0.5) is 0 Å². The molecule has 0 spiro atoms. The third kappa shape index (κ3) is 3.76. The minimum absolute atomic E-state index is 0.156. The summed E-state index contributed by atoms with van der Waals surface area (Å²) in [5, 5.41) is 0.483. The van der Waals surface area contributed by atoms with E-state index >= 15 is 0 Å². The summed E-state index contributed by atoms with van der Waals surface area (Å²) in [5.74, 6) is -0.480. The van der Waals surface area contributed by atoms with E-state index < -0.39 is 5.97 Å². The van der Waals surface area contributed by atoms with Crippen LogP contribution in [0.1, 0.15) is 5.56 Å². The van der Waals surface area contributed by atoms with E-state index in [2.05, 4.69) is 4.98 Å². The summed E-state index contributed by atoms with van der Waals surface area (Å²) in [6.07, 6.45) is 5.00. The molecule has 0 aliphatic rings. The Balaban J connectivity index is 1.60. The summed E-state index contributed by atoms with van der Waals surface area (Å²) in [5.41, 5.74) is 1.39. The molecule has 0 amide bonds. The Kier molecular flexibility index (Phi) is 4.81. The van der Waals surface area contributed by atoms with E-state index in [0.29, 0.717) is 10.9 Å². The largest absolute Gasteiger partial charge is 0.460 e. The van der Waals surface area contributed by atoms with Crippen LogP contribution in [0.5, 0.6) is 0 Å². The van der Waals surface area contributed by atoms with E-state index in [0.717, 1.165) is 5.56 Å². The molecule has 0 N–H and O–H groups in total. The first-order valence-electron chi connectivity index (χ1n) is 7.55. The molecular weight excluding hydrogens is 304 g/mol. The van der Waals surface area contributed by atoms with E-state index in [4.69, 9.17) is 4.74 Å². The molecule has 0 saturated heterocycles. The van der Waals surface area contributed by atoms with Crippen LogP contribution < -0.4 is 5.56 Å². The molecule has 0 unspecified atom stereocenters. The van der Waals surface area contributed by atoms with Gasteiger partial charge in [-0.3, -0.25) is 14.2 Å². The molecule has 5 nitrogen and oxygen atoms in total. The number of rotatable bonds is 5. The summed E-state index contributed by atoms with van der Waals surface area (Å²) < 4.78 is 6.38. The Morgan fingerprint density at radius 2 is 1.83 bits per heavy atom. The lowest BCUT2D eigenvalue weighted by atomic mass is 10.2. The zero-order chi connectivity index (χ0) is 16.8. The van der Waals surface area contributed by atoms with Crippen molar-refractivity contribution < 1.29 is 9.53 Å². The molecule has 3 aromatic rings. The van der Waals surface area contributed by atoms with E-state index in [9.17, 15) is 9.59 Å². The van der Waals surface area contributed by atoms with Gasteiger partial charge in [-0.05, 0) is 23.8 Å². The van der Waals surface area contributed by atoms with Crippen LogP contribution in [0.15, 0.2) is 71.8 Å². The molecule has 0 saturated carbocycles. The molecule has 2 aromatic carbocycles. The molecule has 3 rings (SSSR count). The van der Waals surface area contributed by atoms with Crippen molar-refractivity contribution in [2.45, 2.75) is 6.54 Å². The quantitative estimate of drug-likeness (QED) is 0.678. The van der Waals surface area contributed by atoms with Crippen molar-refractivity contribution in [2.75, 3.05) is 6.61 Å². The highest BCUT2D eigenvalue weighted by Gasteiger charge is 2.08. The number of hydrogen-bond acceptors (Lipinski definition) is 4. The molecule has 0 aliphatic carbocycles. The van der Waals surface area contributed by atoms with E-state index in [1.165, 1.54) is 10.9 Å². The van der Waals surface area contributed by atoms with Gasteiger partial charge in [0.05, 0.1) is 17.2 Å². The van der Waals surface area contributed by atoms with Crippen LogP contribution in [0.2, 0.25) is 0 Å². The summed E-state index contributed by atoms with van der Waals surface area (Å²) in [4.78, 5) is 28.3. The van der Waals surface area contributed by atoms with Crippen molar-refractivity contribution in [1.29, 1.82) is 0 Å². The lowest BCUT2D eigenvalue weighted by Gasteiger charge is -2.06. The first kappa shape index (κ1) is 15.7. The number of ether oxygens (including phenoxy) is 1. The second-order valence-electron chi connectivity index (χ2n) is 5.19. The average Bonchev–Trinajstić information content (AvgIpc) is 2.62. The standard InChI is InChI=1S/C19H16N2O3/c22-18(24-12-6-9-15-7-2-1-3-8-15)13-21-14-20-17-11-5-4-10-16(17)19(21)23/h1-11,14H,12-13H2. The molecule has 1 heterocycles. The Morgan fingerprint density at radius 3 is 2.67 bits per heavy atom. The summed E-state index contributed by atoms with van der Waals surface area (Å²) in [6, 6.07) is 16.7. The van der Waals surface area contributed by atoms with Crippen molar-refractivity contribution in [3.8, 4) is 0 Å². The third-order valence-electron chi connectivity index (χ3n) is 3.48. The van der Waals surface area contributed by atoms with E-state index in [1.54, 1.807) is 24.3 Å². The molecule has 0 radical (unpaired) electrons. The molecule has 0 bridgehead atoms. The molecule has 5 heteroatoms. The van der Waals surface area contributed by atoms with Crippen molar-refractivity contribution in [2.24, 2.45) is 0 Å².